The largest absolute Gasteiger partial charge is 0.351 e. The van der Waals surface area contributed by atoms with Crippen molar-refractivity contribution in [3.05, 3.63) is 59.5 Å². The molecular formula is C18H16FN3O2. The van der Waals surface area contributed by atoms with Gasteiger partial charge in [-0.1, -0.05) is 12.1 Å². The van der Waals surface area contributed by atoms with Crippen LogP contribution < -0.4 is 10.6 Å². The summed E-state index contributed by atoms with van der Waals surface area (Å²) in [4.78, 5) is 26.5. The van der Waals surface area contributed by atoms with Gasteiger partial charge in [0.1, 0.15) is 11.5 Å². The summed E-state index contributed by atoms with van der Waals surface area (Å²) in [5.41, 5.74) is 2.66. The van der Waals surface area contributed by atoms with Crippen LogP contribution in [0.3, 0.4) is 0 Å². The van der Waals surface area contributed by atoms with Crippen molar-refractivity contribution >= 4 is 34.1 Å². The molecule has 0 aliphatic carbocycles. The quantitative estimate of drug-likeness (QED) is 0.685. The summed E-state index contributed by atoms with van der Waals surface area (Å²) in [5.74, 6) is -1.31. The number of benzene rings is 2. The molecule has 0 saturated heterocycles. The van der Waals surface area contributed by atoms with Gasteiger partial charge in [-0.15, -0.1) is 0 Å². The van der Waals surface area contributed by atoms with Crippen molar-refractivity contribution in [2.24, 2.45) is 0 Å². The van der Waals surface area contributed by atoms with E-state index in [1.165, 1.54) is 25.1 Å². The van der Waals surface area contributed by atoms with Crippen LogP contribution in [0.15, 0.2) is 42.5 Å². The lowest BCUT2D eigenvalue weighted by atomic mass is 10.2. The first-order valence-electron chi connectivity index (χ1n) is 7.40. The van der Waals surface area contributed by atoms with Gasteiger partial charge in [-0.25, -0.2) is 4.39 Å². The second kappa shape index (κ2) is 6.16. The molecule has 0 atom stereocenters. The molecular weight excluding hydrogens is 309 g/mol. The third kappa shape index (κ3) is 3.27. The van der Waals surface area contributed by atoms with Crippen LogP contribution in [0.4, 0.5) is 15.8 Å². The summed E-state index contributed by atoms with van der Waals surface area (Å²) in [6.07, 6.45) is 0. The molecule has 0 bridgehead atoms. The van der Waals surface area contributed by atoms with E-state index in [-0.39, 0.29) is 11.6 Å². The predicted octanol–water partition coefficient (Wildman–Crippen LogP) is 3.83. The van der Waals surface area contributed by atoms with Crippen molar-refractivity contribution in [1.29, 1.82) is 0 Å². The van der Waals surface area contributed by atoms with E-state index in [1.807, 2.05) is 25.1 Å². The number of nitrogens with one attached hydrogen (secondary N) is 3. The molecule has 0 aliphatic rings. The Bertz CT molecular complexity index is 947. The molecule has 2 amide bonds. The topological polar surface area (TPSA) is 74.0 Å². The first-order valence-corrected chi connectivity index (χ1v) is 7.40. The summed E-state index contributed by atoms with van der Waals surface area (Å²) >= 11 is 0. The predicted molar refractivity (Wildman–Crippen MR) is 91.7 cm³/mol. The number of hydrogen-bond donors (Lipinski definition) is 3. The van der Waals surface area contributed by atoms with Gasteiger partial charge in [0.25, 0.3) is 5.91 Å². The number of fused-ring (bicyclic) bond motifs is 1. The number of H-pyrrole nitrogens is 1. The molecule has 0 unspecified atom stereocenters. The zero-order valence-corrected chi connectivity index (χ0v) is 13.2. The molecule has 2 aromatic carbocycles. The number of aromatic amines is 1. The first-order chi connectivity index (χ1) is 11.4. The van der Waals surface area contributed by atoms with Gasteiger partial charge >= 0.3 is 0 Å². The zero-order chi connectivity index (χ0) is 17.3. The van der Waals surface area contributed by atoms with Crippen LogP contribution in [0.1, 0.15) is 23.0 Å². The molecule has 0 fully saturated rings. The van der Waals surface area contributed by atoms with Crippen molar-refractivity contribution in [2.75, 3.05) is 10.6 Å². The summed E-state index contributed by atoms with van der Waals surface area (Å²) in [7, 11) is 0. The minimum atomic E-state index is -0.579. The second-order valence-electron chi connectivity index (χ2n) is 5.60. The third-order valence-corrected chi connectivity index (χ3v) is 3.56. The van der Waals surface area contributed by atoms with E-state index in [1.54, 1.807) is 6.07 Å². The van der Waals surface area contributed by atoms with Gasteiger partial charge in [0.05, 0.1) is 5.69 Å². The van der Waals surface area contributed by atoms with Gasteiger partial charge in [-0.05, 0) is 42.8 Å². The Labute approximate surface area is 137 Å². The average Bonchev–Trinajstić information content (AvgIpc) is 2.93. The Morgan fingerprint density at radius 3 is 2.58 bits per heavy atom. The second-order valence-corrected chi connectivity index (χ2v) is 5.60. The monoisotopic (exact) mass is 325 g/mol. The molecule has 24 heavy (non-hydrogen) atoms. The Morgan fingerprint density at radius 2 is 1.83 bits per heavy atom. The van der Waals surface area contributed by atoms with Gasteiger partial charge in [0, 0.05) is 23.5 Å². The third-order valence-electron chi connectivity index (χ3n) is 3.56. The fraction of sp³-hybridized carbons (Fsp3) is 0.111. The number of rotatable bonds is 3. The lowest BCUT2D eigenvalue weighted by Gasteiger charge is -2.08. The molecule has 6 heteroatoms. The number of halogens is 1. The number of aromatic nitrogens is 1. The Kier molecular flexibility index (Phi) is 4.04. The van der Waals surface area contributed by atoms with E-state index in [0.29, 0.717) is 11.4 Å². The van der Waals surface area contributed by atoms with Crippen LogP contribution in [0.25, 0.3) is 10.9 Å². The SMILES string of the molecule is CC(=O)Nc1ccc(F)c(NC(=O)c2cc3ccc(C)cc3[nH]2)c1. The minimum absolute atomic E-state index is 0.00101. The molecule has 3 aromatic rings. The maximum Gasteiger partial charge on any atom is 0.272 e. The van der Waals surface area contributed by atoms with Crippen LogP contribution >= 0.6 is 0 Å². The summed E-state index contributed by atoms with van der Waals surface area (Å²) < 4.78 is 13.9. The summed E-state index contributed by atoms with van der Waals surface area (Å²) in [6, 6.07) is 11.5. The number of carbonyl (C=O) groups is 2. The smallest absolute Gasteiger partial charge is 0.272 e. The van der Waals surface area contributed by atoms with Crippen LogP contribution in [-0.4, -0.2) is 16.8 Å². The van der Waals surface area contributed by atoms with Crippen LogP contribution in [0.2, 0.25) is 0 Å². The number of hydrogen-bond acceptors (Lipinski definition) is 2. The highest BCUT2D eigenvalue weighted by molar-refractivity contribution is 6.06. The van der Waals surface area contributed by atoms with E-state index in [9.17, 15) is 14.0 Å². The average molecular weight is 325 g/mol. The molecule has 0 saturated carbocycles. The van der Waals surface area contributed by atoms with Crippen LogP contribution in [0, 0.1) is 12.7 Å². The van der Waals surface area contributed by atoms with Gasteiger partial charge < -0.3 is 15.6 Å². The van der Waals surface area contributed by atoms with E-state index in [4.69, 9.17) is 0 Å². The van der Waals surface area contributed by atoms with Crippen LogP contribution in [0.5, 0.6) is 0 Å². The van der Waals surface area contributed by atoms with E-state index in [2.05, 4.69) is 15.6 Å². The van der Waals surface area contributed by atoms with Crippen molar-refractivity contribution < 1.29 is 14.0 Å². The molecule has 1 aromatic heterocycles. The standard InChI is InChI=1S/C18H16FN3O2/c1-10-3-4-12-8-17(21-15(12)7-10)18(24)22-16-9-13(20-11(2)23)5-6-14(16)19/h3-9,21H,1-2H3,(H,20,23)(H,22,24). The van der Waals surface area contributed by atoms with Gasteiger partial charge in [-0.3, -0.25) is 9.59 Å². The highest BCUT2D eigenvalue weighted by Gasteiger charge is 2.13. The molecule has 3 rings (SSSR count). The zero-order valence-electron chi connectivity index (χ0n) is 13.2. The molecule has 0 aliphatic heterocycles. The van der Waals surface area contributed by atoms with E-state index < -0.39 is 11.7 Å². The molecule has 3 N–H and O–H groups in total. The molecule has 0 radical (unpaired) electrons. The fourth-order valence-electron chi connectivity index (χ4n) is 2.45. The number of anilines is 2. The van der Waals surface area contributed by atoms with Gasteiger partial charge in [0.2, 0.25) is 5.91 Å². The van der Waals surface area contributed by atoms with Crippen molar-refractivity contribution in [3.63, 3.8) is 0 Å². The maximum atomic E-state index is 13.9. The van der Waals surface area contributed by atoms with Gasteiger partial charge in [-0.2, -0.15) is 0 Å². The maximum absolute atomic E-state index is 13.9. The molecule has 1 heterocycles. The highest BCUT2D eigenvalue weighted by Crippen LogP contribution is 2.22. The molecule has 0 spiro atoms. The Balaban J connectivity index is 1.86. The summed E-state index contributed by atoms with van der Waals surface area (Å²) in [6.45, 7) is 3.32. The van der Waals surface area contributed by atoms with Crippen molar-refractivity contribution in [3.8, 4) is 0 Å². The minimum Gasteiger partial charge on any atom is -0.351 e. The number of aryl methyl sites for hydroxylation is 1. The number of amides is 2. The Hall–Kier alpha value is -3.15. The van der Waals surface area contributed by atoms with E-state index in [0.717, 1.165) is 16.5 Å². The lowest BCUT2D eigenvalue weighted by molar-refractivity contribution is -0.114. The van der Waals surface area contributed by atoms with Gasteiger partial charge in [0.15, 0.2) is 0 Å². The first kappa shape index (κ1) is 15.7. The fourth-order valence-corrected chi connectivity index (χ4v) is 2.45. The van der Waals surface area contributed by atoms with Crippen LogP contribution in [-0.2, 0) is 4.79 Å². The van der Waals surface area contributed by atoms with Crippen molar-refractivity contribution in [2.45, 2.75) is 13.8 Å². The van der Waals surface area contributed by atoms with Crippen molar-refractivity contribution in [1.82, 2.24) is 4.98 Å². The normalized spacial score (nSPS) is 10.6. The lowest BCUT2D eigenvalue weighted by Crippen LogP contribution is -2.14. The highest BCUT2D eigenvalue weighted by atomic mass is 19.1. The summed E-state index contributed by atoms with van der Waals surface area (Å²) in [5, 5.41) is 5.97. The molecule has 122 valence electrons. The molecule has 5 nitrogen and oxygen atoms in total. The number of carbonyl (C=O) groups excluding carboxylic acids is 2. The Morgan fingerprint density at radius 1 is 1.04 bits per heavy atom. The van der Waals surface area contributed by atoms with E-state index >= 15 is 0 Å².